The largest absolute Gasteiger partial charge is 0.342 e. The molecule has 1 spiro atoms. The quantitative estimate of drug-likeness (QED) is 0.641. The number of carbonyl (C=O) groups is 2. The van der Waals surface area contributed by atoms with Gasteiger partial charge in [-0.3, -0.25) is 24.6 Å². The van der Waals surface area contributed by atoms with E-state index in [1.165, 1.54) is 0 Å². The Hall–Kier alpha value is -3.48. The zero-order chi connectivity index (χ0) is 22.9. The maximum absolute atomic E-state index is 13.3. The van der Waals surface area contributed by atoms with Crippen LogP contribution in [0.3, 0.4) is 0 Å². The lowest BCUT2D eigenvalue weighted by Gasteiger charge is -2.23. The number of nitrogens with zero attached hydrogens (tertiary/aromatic N) is 4. The smallest absolute Gasteiger partial charge is 0.256 e. The number of hydrogen-bond acceptors (Lipinski definition) is 4. The zero-order valence-electron chi connectivity index (χ0n) is 19.0. The molecule has 0 bridgehead atoms. The molecule has 7 heteroatoms. The Morgan fingerprint density at radius 1 is 1.03 bits per heavy atom. The van der Waals surface area contributed by atoms with Crippen LogP contribution < -0.4 is 0 Å². The normalized spacial score (nSPS) is 23.2. The number of H-pyrrole nitrogens is 1. The third-order valence-corrected chi connectivity index (χ3v) is 7.82. The number of aromatic nitrogens is 2. The van der Waals surface area contributed by atoms with Gasteiger partial charge in [0.05, 0.1) is 11.7 Å². The summed E-state index contributed by atoms with van der Waals surface area (Å²) < 4.78 is 0. The molecule has 1 N–H and O–H groups in total. The van der Waals surface area contributed by atoms with Crippen LogP contribution in [0.15, 0.2) is 53.7 Å². The van der Waals surface area contributed by atoms with Crippen LogP contribution in [0, 0.1) is 11.8 Å². The van der Waals surface area contributed by atoms with Gasteiger partial charge in [0.1, 0.15) is 11.4 Å². The molecule has 2 aromatic carbocycles. The van der Waals surface area contributed by atoms with Crippen LogP contribution in [0.5, 0.6) is 0 Å². The Morgan fingerprint density at radius 2 is 1.79 bits per heavy atom. The van der Waals surface area contributed by atoms with Crippen LogP contribution in [0.1, 0.15) is 37.7 Å². The minimum atomic E-state index is -0.525. The van der Waals surface area contributed by atoms with E-state index in [-0.39, 0.29) is 11.8 Å². The van der Waals surface area contributed by atoms with E-state index in [4.69, 9.17) is 4.99 Å². The van der Waals surface area contributed by atoms with E-state index in [2.05, 4.69) is 46.6 Å². The number of carbonyl (C=O) groups excluding carboxylic acids is 2. The average molecular weight is 454 g/mol. The highest BCUT2D eigenvalue weighted by atomic mass is 16.2. The topological polar surface area (TPSA) is 81.7 Å². The van der Waals surface area contributed by atoms with E-state index in [1.54, 1.807) is 0 Å². The van der Waals surface area contributed by atoms with Crippen LogP contribution in [-0.4, -0.2) is 62.8 Å². The second-order valence-electron chi connectivity index (χ2n) is 10.3. The molecule has 1 aromatic heterocycles. The first-order chi connectivity index (χ1) is 16.6. The van der Waals surface area contributed by atoms with Gasteiger partial charge in [0.15, 0.2) is 0 Å². The van der Waals surface area contributed by atoms with E-state index >= 15 is 0 Å². The van der Waals surface area contributed by atoms with Gasteiger partial charge in [0.2, 0.25) is 5.91 Å². The summed E-state index contributed by atoms with van der Waals surface area (Å²) in [5.41, 5.74) is 3.73. The lowest BCUT2D eigenvalue weighted by Crippen LogP contribution is -2.40. The number of aliphatic imine (C=N–C) groups is 1. The summed E-state index contributed by atoms with van der Waals surface area (Å²) in [6.45, 7) is 2.22. The van der Waals surface area contributed by atoms with Crippen molar-refractivity contribution < 1.29 is 9.59 Å². The van der Waals surface area contributed by atoms with Gasteiger partial charge < -0.3 is 4.90 Å². The van der Waals surface area contributed by atoms with Crippen molar-refractivity contribution in [3.8, 4) is 11.1 Å². The van der Waals surface area contributed by atoms with Gasteiger partial charge in [-0.2, -0.15) is 5.10 Å². The van der Waals surface area contributed by atoms with Gasteiger partial charge in [0, 0.05) is 36.5 Å². The highest BCUT2D eigenvalue weighted by Crippen LogP contribution is 2.46. The molecule has 7 rings (SSSR count). The second-order valence-corrected chi connectivity index (χ2v) is 10.3. The van der Waals surface area contributed by atoms with E-state index in [1.807, 2.05) is 22.1 Å². The third kappa shape index (κ3) is 3.25. The maximum atomic E-state index is 13.3. The van der Waals surface area contributed by atoms with Crippen molar-refractivity contribution in [1.29, 1.82) is 0 Å². The summed E-state index contributed by atoms with van der Waals surface area (Å²) in [5.74, 6) is 1.82. The van der Waals surface area contributed by atoms with Crippen LogP contribution in [0.4, 0.5) is 0 Å². The second kappa shape index (κ2) is 7.26. The number of rotatable bonds is 5. The predicted molar refractivity (Wildman–Crippen MR) is 129 cm³/mol. The molecule has 2 aliphatic heterocycles. The monoisotopic (exact) mass is 453 g/mol. The number of nitrogens with one attached hydrogen (secondary N) is 1. The summed E-state index contributed by atoms with van der Waals surface area (Å²) >= 11 is 0. The average Bonchev–Trinajstić information content (AvgIpc) is 3.74. The molecule has 3 fully saturated rings. The Bertz CT molecular complexity index is 1330. The lowest BCUT2D eigenvalue weighted by molar-refractivity contribution is -0.131. The van der Waals surface area contributed by atoms with Gasteiger partial charge >= 0.3 is 0 Å². The maximum Gasteiger partial charge on any atom is 0.256 e. The van der Waals surface area contributed by atoms with Crippen LogP contribution in [0.2, 0.25) is 0 Å². The molecule has 172 valence electrons. The molecule has 34 heavy (non-hydrogen) atoms. The van der Waals surface area contributed by atoms with Crippen molar-refractivity contribution >= 4 is 28.6 Å². The Kier molecular flexibility index (Phi) is 4.26. The molecule has 2 saturated carbocycles. The van der Waals surface area contributed by atoms with Gasteiger partial charge in [-0.05, 0) is 61.3 Å². The number of aromatic amines is 1. The molecule has 7 nitrogen and oxygen atoms in total. The fourth-order valence-electron chi connectivity index (χ4n) is 5.45. The Morgan fingerprint density at radius 3 is 2.56 bits per heavy atom. The van der Waals surface area contributed by atoms with Crippen LogP contribution in [-0.2, 0) is 9.59 Å². The highest BCUT2D eigenvalue weighted by Gasteiger charge is 2.57. The zero-order valence-corrected chi connectivity index (χ0v) is 19.0. The predicted octanol–water partition coefficient (Wildman–Crippen LogP) is 3.61. The summed E-state index contributed by atoms with van der Waals surface area (Å²) in [4.78, 5) is 34.6. The first kappa shape index (κ1) is 19.9. The molecule has 0 unspecified atom stereocenters. The van der Waals surface area contributed by atoms with Gasteiger partial charge in [-0.25, -0.2) is 0 Å². The van der Waals surface area contributed by atoms with Crippen molar-refractivity contribution in [1.82, 2.24) is 20.0 Å². The number of hydrogen-bond donors (Lipinski definition) is 1. The SMILES string of the molecule is O=C(C1CC1)N1CC[C@@H](CN2C(=O)C3(CC3)N=C2c2ccc(-c3ccc4[nH]ncc4c3)cc2)C1. The molecule has 3 aromatic rings. The van der Waals surface area contributed by atoms with Crippen LogP contribution in [0.25, 0.3) is 22.0 Å². The lowest BCUT2D eigenvalue weighted by atomic mass is 10.0. The number of benzene rings is 2. The van der Waals surface area contributed by atoms with E-state index in [0.29, 0.717) is 18.4 Å². The summed E-state index contributed by atoms with van der Waals surface area (Å²) in [5, 5.41) is 8.18. The first-order valence-electron chi connectivity index (χ1n) is 12.3. The third-order valence-electron chi connectivity index (χ3n) is 7.82. The van der Waals surface area contributed by atoms with Gasteiger partial charge in [-0.15, -0.1) is 0 Å². The molecule has 4 aliphatic rings. The summed E-state index contributed by atoms with van der Waals surface area (Å²) in [6, 6.07) is 14.6. The minimum Gasteiger partial charge on any atom is -0.342 e. The molecule has 1 saturated heterocycles. The number of fused-ring (bicyclic) bond motifs is 1. The van der Waals surface area contributed by atoms with Crippen molar-refractivity contribution in [3.63, 3.8) is 0 Å². The summed E-state index contributed by atoms with van der Waals surface area (Å²) in [7, 11) is 0. The number of amidine groups is 1. The fourth-order valence-corrected chi connectivity index (χ4v) is 5.45. The van der Waals surface area contributed by atoms with E-state index < -0.39 is 5.54 Å². The fraction of sp³-hybridized carbons (Fsp3) is 0.407. The molecule has 2 aliphatic carbocycles. The minimum absolute atomic E-state index is 0.143. The standard InChI is InChI=1S/C27H27N5O2/c33-25(20-5-6-20)31-12-9-17(15-31)16-32-24(29-27(10-11-27)26(32)34)19-3-1-18(2-4-19)21-7-8-23-22(13-21)14-28-30-23/h1-4,7-8,13-14,17,20H,5-6,9-12,15-16H2,(H,28,30)/t17-/m1/s1. The van der Waals surface area contributed by atoms with Crippen LogP contribution >= 0.6 is 0 Å². The molecule has 3 heterocycles. The number of amides is 2. The molecule has 0 radical (unpaired) electrons. The summed E-state index contributed by atoms with van der Waals surface area (Å²) in [6.07, 6.45) is 6.54. The van der Waals surface area contributed by atoms with E-state index in [0.717, 1.165) is 78.6 Å². The number of likely N-dealkylation sites (tertiary alicyclic amines) is 1. The molecular weight excluding hydrogens is 426 g/mol. The Balaban J connectivity index is 1.12. The first-order valence-corrected chi connectivity index (χ1v) is 12.3. The highest BCUT2D eigenvalue weighted by molar-refractivity contribution is 6.16. The van der Waals surface area contributed by atoms with Crippen molar-refractivity contribution in [2.45, 2.75) is 37.6 Å². The van der Waals surface area contributed by atoms with Crippen molar-refractivity contribution in [2.24, 2.45) is 16.8 Å². The van der Waals surface area contributed by atoms with Gasteiger partial charge in [-0.1, -0.05) is 30.3 Å². The van der Waals surface area contributed by atoms with Gasteiger partial charge in [0.25, 0.3) is 5.91 Å². The Labute approximate surface area is 197 Å². The van der Waals surface area contributed by atoms with Crippen molar-refractivity contribution in [3.05, 3.63) is 54.2 Å². The van der Waals surface area contributed by atoms with Crippen molar-refractivity contribution in [2.75, 3.05) is 19.6 Å². The molecule has 2 amide bonds. The van der Waals surface area contributed by atoms with E-state index in [9.17, 15) is 9.59 Å². The molecule has 1 atom stereocenters. The molecular formula is C27H27N5O2.